The van der Waals surface area contributed by atoms with E-state index in [1.165, 1.54) is 11.3 Å². The van der Waals surface area contributed by atoms with E-state index in [9.17, 15) is 32.1 Å². The van der Waals surface area contributed by atoms with Gasteiger partial charge in [0.15, 0.2) is 34.3 Å². The molecule has 30 heavy (non-hydrogen) atoms. The molecule has 2 saturated heterocycles. The molecule has 4 amide bonds. The Morgan fingerprint density at radius 3 is 2.57 bits per heavy atom. The van der Waals surface area contributed by atoms with Gasteiger partial charge in [-0.15, -0.1) is 11.3 Å². The number of aromatic nitrogens is 1. The van der Waals surface area contributed by atoms with E-state index in [-0.39, 0.29) is 53.3 Å². The summed E-state index contributed by atoms with van der Waals surface area (Å²) in [4.78, 5) is 56.9. The van der Waals surface area contributed by atoms with Crippen LogP contribution in [-0.4, -0.2) is 69.2 Å². The topological polar surface area (TPSA) is 204 Å². The summed E-state index contributed by atoms with van der Waals surface area (Å²) in [5, 5.41) is 7.40. The number of nitrogens with zero attached hydrogens (tertiary/aromatic N) is 4. The van der Waals surface area contributed by atoms with Gasteiger partial charge in [-0.05, 0) is 0 Å². The smallest absolute Gasteiger partial charge is 0.731 e. The Labute approximate surface area is 195 Å². The van der Waals surface area contributed by atoms with Crippen LogP contribution in [-0.2, 0) is 40.9 Å². The number of β-lactam (4-membered cyclic amide) rings is 1. The minimum absolute atomic E-state index is 0. The van der Waals surface area contributed by atoms with Crippen molar-refractivity contribution in [1.29, 1.82) is 0 Å². The van der Waals surface area contributed by atoms with E-state index in [1.807, 2.05) is 0 Å². The van der Waals surface area contributed by atoms with Crippen LogP contribution in [0.5, 0.6) is 0 Å². The van der Waals surface area contributed by atoms with Crippen molar-refractivity contribution >= 4 is 56.6 Å². The van der Waals surface area contributed by atoms with Crippen LogP contribution in [0.15, 0.2) is 10.5 Å². The Morgan fingerprint density at radius 1 is 1.40 bits per heavy atom. The van der Waals surface area contributed by atoms with Gasteiger partial charge in [0.25, 0.3) is 11.8 Å². The SMILES string of the molecule is Nc1nc(CO/N=C\C(=O)N[C@@H]2C(=O)N(S(=O)(=O)[O-])[C@@H]2N2C(=O)CCC2=O)cs1.[Na+]. The van der Waals surface area contributed by atoms with Crippen molar-refractivity contribution in [2.75, 3.05) is 5.73 Å². The molecule has 3 N–H and O–H groups in total. The van der Waals surface area contributed by atoms with E-state index in [0.717, 1.165) is 0 Å². The number of imide groups is 1. The van der Waals surface area contributed by atoms with E-state index in [2.05, 4.69) is 15.5 Å². The van der Waals surface area contributed by atoms with Crippen LogP contribution in [0.2, 0.25) is 0 Å². The Hall–Kier alpha value is -2.11. The van der Waals surface area contributed by atoms with Gasteiger partial charge in [-0.25, -0.2) is 17.7 Å². The zero-order valence-corrected chi connectivity index (χ0v) is 19.0. The maximum absolute atomic E-state index is 12.0. The number of hydrogen-bond donors (Lipinski definition) is 2. The largest absolute Gasteiger partial charge is 1.00 e. The van der Waals surface area contributed by atoms with Gasteiger partial charge < -0.3 is 20.4 Å². The Balaban J connectivity index is 0.00000320. The zero-order valence-electron chi connectivity index (χ0n) is 15.4. The Morgan fingerprint density at radius 2 is 2.03 bits per heavy atom. The van der Waals surface area contributed by atoms with Gasteiger partial charge in [-0.3, -0.25) is 24.1 Å². The molecule has 2 atom stereocenters. The number of anilines is 1. The standard InChI is InChI=1S/C13H14N6O8S2.Na/c14-13-16-6(5-28-13)4-27-15-3-7(20)17-10-11(18-8(21)1-2-9(18)22)19(12(10)23)29(24,25)26;/h3,5,10-11H,1-2,4H2,(H2,14,16)(H,17,20)(H,24,25,26);/q;+1/p-1/b15-3-;/t10-,11-;/m0./s1. The first-order valence-corrected chi connectivity index (χ1v) is 10.1. The summed E-state index contributed by atoms with van der Waals surface area (Å²) in [5.41, 5.74) is 5.92. The molecular weight excluding hydrogens is 455 g/mol. The number of likely N-dealkylation sites (tertiary alicyclic amines) is 1. The summed E-state index contributed by atoms with van der Waals surface area (Å²) in [6, 6.07) is -1.61. The first kappa shape index (κ1) is 24.2. The number of carbonyl (C=O) groups is 4. The van der Waals surface area contributed by atoms with Crippen LogP contribution in [0.25, 0.3) is 0 Å². The van der Waals surface area contributed by atoms with Crippen LogP contribution in [0.1, 0.15) is 18.5 Å². The Bertz CT molecular complexity index is 995. The first-order chi connectivity index (χ1) is 13.6. The molecule has 0 aliphatic carbocycles. The van der Waals surface area contributed by atoms with Gasteiger partial charge in [0.05, 0.1) is 5.69 Å². The van der Waals surface area contributed by atoms with E-state index >= 15 is 0 Å². The first-order valence-electron chi connectivity index (χ1n) is 7.89. The van der Waals surface area contributed by atoms with Crippen LogP contribution < -0.4 is 40.6 Å². The molecule has 17 heteroatoms. The fourth-order valence-electron chi connectivity index (χ4n) is 2.74. The van der Waals surface area contributed by atoms with Crippen LogP contribution in [0.3, 0.4) is 0 Å². The quantitative estimate of drug-likeness (QED) is 0.0969. The molecule has 0 bridgehead atoms. The van der Waals surface area contributed by atoms with Gasteiger partial charge in [-0.2, -0.15) is 0 Å². The number of nitrogens with one attached hydrogen (secondary N) is 1. The number of amides is 4. The van der Waals surface area contributed by atoms with Crippen LogP contribution >= 0.6 is 11.3 Å². The number of nitrogen functional groups attached to an aromatic ring is 1. The molecule has 0 unspecified atom stereocenters. The molecule has 0 spiro atoms. The van der Waals surface area contributed by atoms with Gasteiger partial charge in [0, 0.05) is 18.2 Å². The normalized spacial score (nSPS) is 21.6. The molecular formula is C13H13N6NaO8S2. The molecule has 2 fully saturated rings. The van der Waals surface area contributed by atoms with Gasteiger partial charge in [0.2, 0.25) is 11.8 Å². The van der Waals surface area contributed by atoms with Crippen molar-refractivity contribution in [1.82, 2.24) is 19.5 Å². The number of thiazole rings is 1. The number of nitrogens with two attached hydrogens (primary N) is 1. The minimum Gasteiger partial charge on any atom is -0.731 e. The van der Waals surface area contributed by atoms with Crippen LogP contribution in [0, 0.1) is 0 Å². The minimum atomic E-state index is -5.31. The average molecular weight is 468 g/mol. The molecule has 0 aromatic carbocycles. The van der Waals surface area contributed by atoms with Crippen molar-refractivity contribution in [2.45, 2.75) is 31.7 Å². The molecule has 1 aromatic heterocycles. The summed E-state index contributed by atoms with van der Waals surface area (Å²) < 4.78 is 33.8. The fourth-order valence-corrected chi connectivity index (χ4v) is 4.10. The molecule has 3 rings (SSSR count). The Kier molecular flexibility index (Phi) is 7.54. The van der Waals surface area contributed by atoms with E-state index in [0.29, 0.717) is 21.9 Å². The van der Waals surface area contributed by atoms with E-state index < -0.39 is 46.1 Å². The van der Waals surface area contributed by atoms with Gasteiger partial charge >= 0.3 is 29.6 Å². The molecule has 0 saturated carbocycles. The summed E-state index contributed by atoms with van der Waals surface area (Å²) in [7, 11) is -5.31. The third kappa shape index (κ3) is 4.96. The predicted molar refractivity (Wildman–Crippen MR) is 93.2 cm³/mol. The number of oxime groups is 1. The van der Waals surface area contributed by atoms with Gasteiger partial charge in [-0.1, -0.05) is 5.16 Å². The second-order valence-corrected chi connectivity index (χ2v) is 7.97. The predicted octanol–water partition coefficient (Wildman–Crippen LogP) is -5.51. The number of hydrogen-bond acceptors (Lipinski definition) is 12. The van der Waals surface area contributed by atoms with Gasteiger partial charge in [0.1, 0.15) is 6.21 Å². The molecule has 0 radical (unpaired) electrons. The monoisotopic (exact) mass is 468 g/mol. The average Bonchev–Trinajstić information content (AvgIpc) is 3.18. The fraction of sp³-hybridized carbons (Fsp3) is 0.385. The number of carbonyl (C=O) groups excluding carboxylic acids is 4. The zero-order chi connectivity index (χ0) is 21.3. The van der Waals surface area contributed by atoms with Crippen molar-refractivity contribution < 1.29 is 66.5 Å². The van der Waals surface area contributed by atoms with Crippen molar-refractivity contribution in [2.24, 2.45) is 5.16 Å². The van der Waals surface area contributed by atoms with E-state index in [1.54, 1.807) is 5.38 Å². The third-order valence-electron chi connectivity index (χ3n) is 3.94. The molecule has 3 heterocycles. The summed E-state index contributed by atoms with van der Waals surface area (Å²) in [5.74, 6) is -3.79. The van der Waals surface area contributed by atoms with Crippen molar-refractivity contribution in [3.8, 4) is 0 Å². The summed E-state index contributed by atoms with van der Waals surface area (Å²) in [6.45, 7) is -0.0819. The number of rotatable bonds is 7. The second-order valence-electron chi connectivity index (χ2n) is 5.83. The maximum atomic E-state index is 12.0. The summed E-state index contributed by atoms with van der Waals surface area (Å²) in [6.07, 6.45) is -1.51. The third-order valence-corrected chi connectivity index (χ3v) is 5.54. The molecule has 14 nitrogen and oxygen atoms in total. The van der Waals surface area contributed by atoms with Crippen molar-refractivity contribution in [3.63, 3.8) is 0 Å². The molecule has 1 aromatic rings. The maximum Gasteiger partial charge on any atom is 1.00 e. The second kappa shape index (κ2) is 9.36. The molecule has 156 valence electrons. The van der Waals surface area contributed by atoms with Crippen molar-refractivity contribution in [3.05, 3.63) is 11.1 Å². The molecule has 2 aliphatic heterocycles. The van der Waals surface area contributed by atoms with Crippen LogP contribution in [0.4, 0.5) is 5.13 Å². The van der Waals surface area contributed by atoms with E-state index in [4.69, 9.17) is 10.6 Å². The summed E-state index contributed by atoms with van der Waals surface area (Å²) >= 11 is 1.18. The molecule has 2 aliphatic rings.